The van der Waals surface area contributed by atoms with E-state index >= 15 is 0 Å². The van der Waals surface area contributed by atoms with Crippen LogP contribution in [0.3, 0.4) is 0 Å². The minimum absolute atomic E-state index is 0.407. The molecule has 42 heavy (non-hydrogen) atoms. The van der Waals surface area contributed by atoms with Gasteiger partial charge in [0.05, 0.1) is 0 Å². The van der Waals surface area contributed by atoms with E-state index in [1.165, 1.54) is 11.1 Å². The first kappa shape index (κ1) is 27.7. The first-order valence-corrected chi connectivity index (χ1v) is 14.5. The molecular weight excluding hydrogens is 512 g/mol. The second kappa shape index (κ2) is 11.1. The first-order chi connectivity index (χ1) is 20.4. The van der Waals surface area contributed by atoms with Crippen LogP contribution in [0.5, 0.6) is 0 Å². The third-order valence-corrected chi connectivity index (χ3v) is 8.84. The van der Waals surface area contributed by atoms with Gasteiger partial charge < -0.3 is 10.2 Å². The predicted octanol–water partition coefficient (Wildman–Crippen LogP) is 8.30. The van der Waals surface area contributed by atoms with Crippen LogP contribution < -0.4 is 0 Å². The van der Waals surface area contributed by atoms with Crippen molar-refractivity contribution in [3.8, 4) is 0 Å². The maximum atomic E-state index is 13.2. The Bertz CT molecular complexity index is 1620. The molecule has 5 aromatic rings. The van der Waals surface area contributed by atoms with E-state index in [1.54, 1.807) is 0 Å². The van der Waals surface area contributed by atoms with Crippen LogP contribution >= 0.6 is 0 Å². The van der Waals surface area contributed by atoms with Crippen molar-refractivity contribution in [1.82, 2.24) is 0 Å². The Kier molecular flexibility index (Phi) is 7.28. The van der Waals surface area contributed by atoms with Crippen molar-refractivity contribution in [3.05, 3.63) is 202 Å². The molecule has 1 aliphatic rings. The standard InChI is InChI=1S/C40H36O2/c1-30-18-22-35(23-19-30)40(42,36-24-20-31(2)21-25-36)39(41,34-16-10-5-11-17-34)37-26-28-38(29-27-37,32-12-6-3-7-13-32)33-14-8-4-9-15-33/h3-28,41-42H,29H2,1-2H3. The highest BCUT2D eigenvalue weighted by Gasteiger charge is 2.55. The van der Waals surface area contributed by atoms with Crippen molar-refractivity contribution in [2.75, 3.05) is 0 Å². The lowest BCUT2D eigenvalue weighted by molar-refractivity contribution is -0.113. The molecule has 5 aromatic carbocycles. The fourth-order valence-electron chi connectivity index (χ4n) is 6.41. The van der Waals surface area contributed by atoms with Gasteiger partial charge in [-0.05, 0) is 53.7 Å². The Balaban J connectivity index is 1.58. The molecule has 0 aromatic heterocycles. The molecule has 0 amide bonds. The summed E-state index contributed by atoms with van der Waals surface area (Å²) in [6.45, 7) is 4.05. The van der Waals surface area contributed by atoms with E-state index in [1.807, 2.05) is 111 Å². The molecule has 0 bridgehead atoms. The highest BCUT2D eigenvalue weighted by molar-refractivity contribution is 5.56. The third-order valence-electron chi connectivity index (χ3n) is 8.84. The molecule has 0 saturated carbocycles. The van der Waals surface area contributed by atoms with Crippen molar-refractivity contribution < 1.29 is 10.2 Å². The summed E-state index contributed by atoms with van der Waals surface area (Å²) in [5, 5.41) is 26.3. The van der Waals surface area contributed by atoms with Gasteiger partial charge in [-0.15, -0.1) is 0 Å². The molecule has 208 valence electrons. The van der Waals surface area contributed by atoms with E-state index in [-0.39, 0.29) is 0 Å². The molecule has 2 N–H and O–H groups in total. The fraction of sp³-hybridized carbons (Fsp3) is 0.150. The van der Waals surface area contributed by atoms with Gasteiger partial charge in [0.15, 0.2) is 11.2 Å². The van der Waals surface area contributed by atoms with Crippen LogP contribution in [-0.4, -0.2) is 10.2 Å². The lowest BCUT2D eigenvalue weighted by Gasteiger charge is -2.47. The zero-order valence-electron chi connectivity index (χ0n) is 24.1. The summed E-state index contributed by atoms with van der Waals surface area (Å²) in [4.78, 5) is 0. The number of hydrogen-bond donors (Lipinski definition) is 2. The number of rotatable bonds is 7. The van der Waals surface area contributed by atoms with E-state index in [0.29, 0.717) is 28.7 Å². The number of hydrogen-bond acceptors (Lipinski definition) is 2. The van der Waals surface area contributed by atoms with Crippen LogP contribution in [-0.2, 0) is 16.6 Å². The van der Waals surface area contributed by atoms with Gasteiger partial charge in [-0.1, -0.05) is 169 Å². The van der Waals surface area contributed by atoms with E-state index in [0.717, 1.165) is 11.1 Å². The van der Waals surface area contributed by atoms with Crippen molar-refractivity contribution in [3.63, 3.8) is 0 Å². The average molecular weight is 549 g/mol. The fourth-order valence-corrected chi connectivity index (χ4v) is 6.41. The molecule has 0 radical (unpaired) electrons. The summed E-state index contributed by atoms with van der Waals surface area (Å²) in [5.41, 5.74) is 3.06. The second-order valence-electron chi connectivity index (χ2n) is 11.4. The van der Waals surface area contributed by atoms with E-state index in [9.17, 15) is 10.2 Å². The number of aryl methyl sites for hydroxylation is 2. The molecule has 0 aliphatic heterocycles. The van der Waals surface area contributed by atoms with Crippen LogP contribution in [0.2, 0.25) is 0 Å². The van der Waals surface area contributed by atoms with Gasteiger partial charge >= 0.3 is 0 Å². The van der Waals surface area contributed by atoms with Crippen LogP contribution in [0, 0.1) is 13.8 Å². The van der Waals surface area contributed by atoms with Gasteiger partial charge in [-0.3, -0.25) is 0 Å². The smallest absolute Gasteiger partial charge is 0.152 e. The van der Waals surface area contributed by atoms with Gasteiger partial charge in [0.2, 0.25) is 0 Å². The molecular formula is C40H36O2. The van der Waals surface area contributed by atoms with Gasteiger partial charge in [-0.2, -0.15) is 0 Å². The molecule has 0 saturated heterocycles. The minimum atomic E-state index is -1.80. The second-order valence-corrected chi connectivity index (χ2v) is 11.4. The summed E-state index contributed by atoms with van der Waals surface area (Å²) < 4.78 is 0. The summed E-state index contributed by atoms with van der Waals surface area (Å²) in [7, 11) is 0. The Hall–Kier alpha value is -4.50. The first-order valence-electron chi connectivity index (χ1n) is 14.5. The Labute approximate surface area is 249 Å². The van der Waals surface area contributed by atoms with Crippen molar-refractivity contribution in [2.24, 2.45) is 0 Å². The largest absolute Gasteiger partial charge is 0.377 e. The monoisotopic (exact) mass is 548 g/mol. The Morgan fingerprint density at radius 3 is 1.31 bits per heavy atom. The van der Waals surface area contributed by atoms with Crippen molar-refractivity contribution in [1.29, 1.82) is 0 Å². The molecule has 2 nitrogen and oxygen atoms in total. The lowest BCUT2D eigenvalue weighted by Crippen LogP contribution is -2.52. The lowest BCUT2D eigenvalue weighted by atomic mass is 9.62. The van der Waals surface area contributed by atoms with Crippen LogP contribution in [0.25, 0.3) is 0 Å². The van der Waals surface area contributed by atoms with E-state index in [2.05, 4.69) is 60.7 Å². The van der Waals surface area contributed by atoms with Crippen molar-refractivity contribution in [2.45, 2.75) is 36.9 Å². The topological polar surface area (TPSA) is 40.5 Å². The average Bonchev–Trinajstić information content (AvgIpc) is 3.06. The highest BCUT2D eigenvalue weighted by atomic mass is 16.4. The molecule has 1 unspecified atom stereocenters. The molecule has 1 aliphatic carbocycles. The molecule has 6 rings (SSSR count). The zero-order valence-corrected chi connectivity index (χ0v) is 24.1. The number of aliphatic hydroxyl groups is 2. The number of benzene rings is 5. The van der Waals surface area contributed by atoms with Gasteiger partial charge in [0.1, 0.15) is 0 Å². The molecule has 0 spiro atoms. The van der Waals surface area contributed by atoms with Crippen LogP contribution in [0.15, 0.2) is 163 Å². The molecule has 0 fully saturated rings. The summed E-state index contributed by atoms with van der Waals surface area (Å²) in [6, 6.07) is 46.2. The van der Waals surface area contributed by atoms with Gasteiger partial charge in [0.25, 0.3) is 0 Å². The van der Waals surface area contributed by atoms with Crippen LogP contribution in [0.1, 0.15) is 45.4 Å². The SMILES string of the molecule is Cc1ccc(C(O)(c2ccc(C)cc2)C(O)(C2=CCC(c3ccccc3)(c3ccccc3)C=C2)c2ccccc2)cc1. The van der Waals surface area contributed by atoms with E-state index in [4.69, 9.17) is 0 Å². The highest BCUT2D eigenvalue weighted by Crippen LogP contribution is 2.52. The third kappa shape index (κ3) is 4.54. The maximum Gasteiger partial charge on any atom is 0.152 e. The Morgan fingerprint density at radius 1 is 0.500 bits per heavy atom. The maximum absolute atomic E-state index is 13.2. The molecule has 2 heteroatoms. The summed E-state index contributed by atoms with van der Waals surface area (Å²) >= 11 is 0. The normalized spacial score (nSPS) is 16.0. The number of allylic oxidation sites excluding steroid dienone is 2. The predicted molar refractivity (Wildman–Crippen MR) is 171 cm³/mol. The molecule has 0 heterocycles. The summed E-state index contributed by atoms with van der Waals surface area (Å²) in [6.07, 6.45) is 6.95. The van der Waals surface area contributed by atoms with Crippen LogP contribution in [0.4, 0.5) is 0 Å². The molecule has 1 atom stereocenters. The quantitative estimate of drug-likeness (QED) is 0.215. The minimum Gasteiger partial charge on any atom is -0.377 e. The van der Waals surface area contributed by atoms with E-state index < -0.39 is 16.6 Å². The zero-order chi connectivity index (χ0) is 29.2. The van der Waals surface area contributed by atoms with Gasteiger partial charge in [-0.25, -0.2) is 0 Å². The van der Waals surface area contributed by atoms with Crippen molar-refractivity contribution >= 4 is 0 Å². The summed E-state index contributed by atoms with van der Waals surface area (Å²) in [5.74, 6) is 0. The Morgan fingerprint density at radius 2 is 0.905 bits per heavy atom. The van der Waals surface area contributed by atoms with Gasteiger partial charge in [0, 0.05) is 5.41 Å².